The third-order valence-electron chi connectivity index (χ3n) is 2.24. The van der Waals surface area contributed by atoms with Crippen molar-refractivity contribution < 1.29 is 22.8 Å². The van der Waals surface area contributed by atoms with Crippen molar-refractivity contribution in [2.75, 3.05) is 0 Å². The standard InChI is InChI=1S/C11H4BrF3O2S/c12-7-8(16)5-3-1-2-4-6(5)9(17)10(7)18-11(13,14)15/h1-4H. The molecule has 0 fully saturated rings. The SMILES string of the molecule is O=C1C(Br)=C(SC(F)(F)F)C(=O)c2ccccc21. The number of Topliss-reactive ketones (excluding diaryl/α,β-unsaturated/α-hetero) is 2. The molecule has 0 unspecified atom stereocenters. The van der Waals surface area contributed by atoms with Crippen LogP contribution in [0.5, 0.6) is 0 Å². The molecule has 1 aliphatic carbocycles. The van der Waals surface area contributed by atoms with Crippen molar-refractivity contribution in [1.29, 1.82) is 0 Å². The molecule has 0 N–H and O–H groups in total. The van der Waals surface area contributed by atoms with Crippen molar-refractivity contribution in [3.8, 4) is 0 Å². The van der Waals surface area contributed by atoms with E-state index < -0.39 is 33.7 Å². The zero-order valence-corrected chi connectivity index (χ0v) is 10.9. The summed E-state index contributed by atoms with van der Waals surface area (Å²) in [6, 6.07) is 5.79. The number of ketones is 2. The van der Waals surface area contributed by atoms with E-state index >= 15 is 0 Å². The lowest BCUT2D eigenvalue weighted by atomic mass is 9.95. The first-order chi connectivity index (χ1) is 8.31. The Kier molecular flexibility index (Phi) is 3.37. The first-order valence-electron chi connectivity index (χ1n) is 4.65. The quantitative estimate of drug-likeness (QED) is 0.779. The molecule has 0 radical (unpaired) electrons. The monoisotopic (exact) mass is 336 g/mol. The van der Waals surface area contributed by atoms with Gasteiger partial charge in [-0.05, 0) is 27.7 Å². The Bertz CT molecular complexity index is 578. The van der Waals surface area contributed by atoms with Crippen LogP contribution < -0.4 is 0 Å². The molecular weight excluding hydrogens is 333 g/mol. The lowest BCUT2D eigenvalue weighted by Gasteiger charge is -2.17. The van der Waals surface area contributed by atoms with E-state index in [-0.39, 0.29) is 15.6 Å². The van der Waals surface area contributed by atoms with E-state index in [1.165, 1.54) is 18.2 Å². The molecule has 0 heterocycles. The summed E-state index contributed by atoms with van der Waals surface area (Å²) >= 11 is 2.20. The summed E-state index contributed by atoms with van der Waals surface area (Å²) in [4.78, 5) is 23.1. The smallest absolute Gasteiger partial charge is 0.288 e. The van der Waals surface area contributed by atoms with Gasteiger partial charge in [0, 0.05) is 11.1 Å². The summed E-state index contributed by atoms with van der Waals surface area (Å²) in [5.41, 5.74) is -4.50. The number of hydrogen-bond donors (Lipinski definition) is 0. The van der Waals surface area contributed by atoms with Crippen LogP contribution in [0.4, 0.5) is 13.2 Å². The number of rotatable bonds is 1. The zero-order chi connectivity index (χ0) is 13.5. The van der Waals surface area contributed by atoms with Crippen LogP contribution in [0.15, 0.2) is 33.7 Å². The lowest BCUT2D eigenvalue weighted by Crippen LogP contribution is -2.20. The van der Waals surface area contributed by atoms with Gasteiger partial charge in [-0.2, -0.15) is 13.2 Å². The van der Waals surface area contributed by atoms with Gasteiger partial charge < -0.3 is 0 Å². The molecule has 1 aliphatic rings. The fourth-order valence-electron chi connectivity index (χ4n) is 1.53. The molecule has 0 aromatic heterocycles. The van der Waals surface area contributed by atoms with Gasteiger partial charge in [0.05, 0.1) is 9.39 Å². The number of fused-ring (bicyclic) bond motifs is 1. The van der Waals surface area contributed by atoms with Crippen LogP contribution in [0, 0.1) is 0 Å². The molecule has 1 aromatic carbocycles. The van der Waals surface area contributed by atoms with Crippen molar-refractivity contribution in [1.82, 2.24) is 0 Å². The van der Waals surface area contributed by atoms with Gasteiger partial charge in [-0.15, -0.1) is 0 Å². The molecule has 0 bridgehead atoms. The van der Waals surface area contributed by atoms with Crippen LogP contribution in [-0.2, 0) is 0 Å². The first-order valence-corrected chi connectivity index (χ1v) is 6.26. The average molecular weight is 337 g/mol. The normalized spacial score (nSPS) is 16.0. The number of thioether (sulfide) groups is 1. The summed E-state index contributed by atoms with van der Waals surface area (Å²) < 4.78 is 36.7. The van der Waals surface area contributed by atoms with Gasteiger partial charge in [-0.1, -0.05) is 24.3 Å². The Morgan fingerprint density at radius 2 is 1.50 bits per heavy atom. The van der Waals surface area contributed by atoms with E-state index in [9.17, 15) is 22.8 Å². The molecular formula is C11H4BrF3O2S. The Morgan fingerprint density at radius 3 is 2.00 bits per heavy atom. The van der Waals surface area contributed by atoms with Crippen LogP contribution in [0.2, 0.25) is 0 Å². The summed E-state index contributed by atoms with van der Waals surface area (Å²) in [5.74, 6) is -1.41. The maximum absolute atomic E-state index is 12.3. The van der Waals surface area contributed by atoms with Gasteiger partial charge in [0.25, 0.3) is 0 Å². The predicted molar refractivity (Wildman–Crippen MR) is 64.7 cm³/mol. The minimum absolute atomic E-state index is 0.00236. The Balaban J connectivity index is 2.53. The van der Waals surface area contributed by atoms with Gasteiger partial charge in [-0.25, -0.2) is 0 Å². The van der Waals surface area contributed by atoms with E-state index in [0.29, 0.717) is 0 Å². The number of carbonyl (C=O) groups is 2. The molecule has 0 spiro atoms. The average Bonchev–Trinajstić information content (AvgIpc) is 2.31. The number of carbonyl (C=O) groups excluding carboxylic acids is 2. The van der Waals surface area contributed by atoms with Crippen LogP contribution in [0.25, 0.3) is 0 Å². The Hall–Kier alpha value is -1.08. The highest BCUT2D eigenvalue weighted by Gasteiger charge is 2.39. The first kappa shape index (κ1) is 13.4. The fraction of sp³-hybridized carbons (Fsp3) is 0.0909. The minimum atomic E-state index is -4.61. The molecule has 94 valence electrons. The number of hydrogen-bond acceptors (Lipinski definition) is 3. The number of halogens is 4. The number of alkyl halides is 3. The lowest BCUT2D eigenvalue weighted by molar-refractivity contribution is -0.0322. The van der Waals surface area contributed by atoms with Gasteiger partial charge in [0.15, 0.2) is 0 Å². The maximum Gasteiger partial charge on any atom is 0.446 e. The molecule has 2 rings (SSSR count). The second-order valence-electron chi connectivity index (χ2n) is 3.39. The summed E-state index contributed by atoms with van der Waals surface area (Å²) in [5, 5.41) is 0. The highest BCUT2D eigenvalue weighted by Crippen LogP contribution is 2.43. The fourth-order valence-corrected chi connectivity index (χ4v) is 2.78. The highest BCUT2D eigenvalue weighted by atomic mass is 79.9. The third-order valence-corrected chi connectivity index (χ3v) is 4.08. The van der Waals surface area contributed by atoms with Crippen molar-refractivity contribution in [2.45, 2.75) is 5.51 Å². The van der Waals surface area contributed by atoms with Crippen molar-refractivity contribution in [3.05, 3.63) is 44.8 Å². The third kappa shape index (κ3) is 2.37. The second kappa shape index (κ2) is 4.55. The minimum Gasteiger partial charge on any atom is -0.288 e. The molecule has 0 amide bonds. The van der Waals surface area contributed by atoms with E-state index in [0.717, 1.165) is 0 Å². The van der Waals surface area contributed by atoms with E-state index in [1.807, 2.05) is 0 Å². The predicted octanol–water partition coefficient (Wildman–Crippen LogP) is 3.93. The summed E-state index contributed by atoms with van der Waals surface area (Å²) in [7, 11) is 0. The van der Waals surface area contributed by atoms with Crippen LogP contribution in [-0.4, -0.2) is 17.1 Å². The van der Waals surface area contributed by atoms with Crippen LogP contribution in [0.3, 0.4) is 0 Å². The largest absolute Gasteiger partial charge is 0.446 e. The van der Waals surface area contributed by atoms with Crippen molar-refractivity contribution in [2.24, 2.45) is 0 Å². The summed E-state index contributed by atoms with van der Waals surface area (Å²) in [6.07, 6.45) is 0. The van der Waals surface area contributed by atoms with Crippen LogP contribution >= 0.6 is 27.7 Å². The van der Waals surface area contributed by atoms with Gasteiger partial charge in [0.2, 0.25) is 11.6 Å². The Labute approximate surface area is 112 Å². The molecule has 0 saturated heterocycles. The maximum atomic E-state index is 12.3. The molecule has 0 atom stereocenters. The molecule has 0 aliphatic heterocycles. The molecule has 1 aromatic rings. The summed E-state index contributed by atoms with van der Waals surface area (Å²) in [6.45, 7) is 0. The second-order valence-corrected chi connectivity index (χ2v) is 5.26. The topological polar surface area (TPSA) is 34.1 Å². The highest BCUT2D eigenvalue weighted by molar-refractivity contribution is 9.12. The van der Waals surface area contributed by atoms with E-state index in [2.05, 4.69) is 15.9 Å². The molecule has 7 heteroatoms. The van der Waals surface area contributed by atoms with Crippen molar-refractivity contribution in [3.63, 3.8) is 0 Å². The van der Waals surface area contributed by atoms with E-state index in [4.69, 9.17) is 0 Å². The van der Waals surface area contributed by atoms with E-state index in [1.54, 1.807) is 6.07 Å². The molecule has 0 saturated carbocycles. The van der Waals surface area contributed by atoms with Gasteiger partial charge in [-0.3, -0.25) is 9.59 Å². The van der Waals surface area contributed by atoms with Crippen LogP contribution in [0.1, 0.15) is 20.7 Å². The van der Waals surface area contributed by atoms with Crippen molar-refractivity contribution >= 4 is 39.3 Å². The van der Waals surface area contributed by atoms with Gasteiger partial charge >= 0.3 is 5.51 Å². The number of benzene rings is 1. The number of allylic oxidation sites excluding steroid dienone is 2. The zero-order valence-electron chi connectivity index (χ0n) is 8.55. The Morgan fingerprint density at radius 1 is 1.00 bits per heavy atom. The molecule has 2 nitrogen and oxygen atoms in total. The molecule has 18 heavy (non-hydrogen) atoms. The van der Waals surface area contributed by atoms with Gasteiger partial charge in [0.1, 0.15) is 0 Å².